The van der Waals surface area contributed by atoms with Gasteiger partial charge in [0.1, 0.15) is 17.2 Å². The minimum absolute atomic E-state index is 0.405. The maximum Gasteiger partial charge on any atom is 0.647 e. The number of rotatable bonds is 6. The lowest BCUT2D eigenvalue weighted by Gasteiger charge is -2.19. The van der Waals surface area contributed by atoms with Crippen molar-refractivity contribution < 1.29 is 18.1 Å². The Bertz CT molecular complexity index is 865. The van der Waals surface area contributed by atoms with Gasteiger partial charge in [0.15, 0.2) is 0 Å². The predicted octanol–water partition coefficient (Wildman–Crippen LogP) is 6.41. The molecule has 0 unspecified atom stereocenters. The molecule has 3 aromatic carbocycles. The molecular formula is C23H20NO4P. The second-order valence-corrected chi connectivity index (χ2v) is 7.13. The number of phosphoric acid groups is 1. The molecule has 0 spiro atoms. The molecule has 0 bridgehead atoms. The number of hydrogen-bond acceptors (Lipinski definition) is 5. The van der Waals surface area contributed by atoms with Crippen LogP contribution in [0.5, 0.6) is 17.2 Å². The van der Waals surface area contributed by atoms with Crippen molar-refractivity contribution in [2.45, 2.75) is 0 Å². The third-order valence-corrected chi connectivity index (χ3v) is 4.75. The van der Waals surface area contributed by atoms with Gasteiger partial charge < -0.3 is 13.6 Å². The fourth-order valence-electron chi connectivity index (χ4n) is 2.20. The van der Waals surface area contributed by atoms with Crippen LogP contribution in [0.2, 0.25) is 0 Å². The van der Waals surface area contributed by atoms with Crippen LogP contribution in [0.1, 0.15) is 0 Å². The Balaban J connectivity index is 0.000000343. The number of para-hydroxylation sites is 3. The fraction of sp³-hybridized carbons (Fsp3) is 0. The summed E-state index contributed by atoms with van der Waals surface area (Å²) in [6.45, 7) is 0. The van der Waals surface area contributed by atoms with Gasteiger partial charge in [0.25, 0.3) is 0 Å². The molecular weight excluding hydrogens is 385 g/mol. The monoisotopic (exact) mass is 405 g/mol. The van der Waals surface area contributed by atoms with E-state index in [0.29, 0.717) is 17.2 Å². The molecule has 1 heterocycles. The SMILES string of the molecule is O=P(Oc1ccccc1)(Oc1ccccc1)Oc1ccccc1.c1ccncc1. The maximum atomic E-state index is 13.1. The van der Waals surface area contributed by atoms with E-state index in [2.05, 4.69) is 4.98 Å². The second-order valence-electron chi connectivity index (χ2n) is 5.68. The Labute approximate surface area is 170 Å². The molecule has 0 radical (unpaired) electrons. The van der Waals surface area contributed by atoms with Gasteiger partial charge in [-0.2, -0.15) is 4.57 Å². The van der Waals surface area contributed by atoms with Gasteiger partial charge in [-0.1, -0.05) is 60.7 Å². The van der Waals surface area contributed by atoms with Crippen LogP contribution >= 0.6 is 7.82 Å². The zero-order valence-corrected chi connectivity index (χ0v) is 16.5. The number of pyridine rings is 1. The van der Waals surface area contributed by atoms with E-state index in [1.54, 1.807) is 85.2 Å². The zero-order chi connectivity index (χ0) is 20.2. The van der Waals surface area contributed by atoms with Crippen molar-refractivity contribution in [2.75, 3.05) is 0 Å². The van der Waals surface area contributed by atoms with Gasteiger partial charge in [-0.25, -0.2) is 0 Å². The first-order valence-electron chi connectivity index (χ1n) is 8.92. The van der Waals surface area contributed by atoms with Crippen LogP contribution in [0.25, 0.3) is 0 Å². The average molecular weight is 405 g/mol. The topological polar surface area (TPSA) is 57.7 Å². The summed E-state index contributed by atoms with van der Waals surface area (Å²) in [5.41, 5.74) is 0. The first-order valence-corrected chi connectivity index (χ1v) is 10.4. The molecule has 4 aromatic rings. The minimum atomic E-state index is -3.89. The number of nitrogens with zero attached hydrogens (tertiary/aromatic N) is 1. The van der Waals surface area contributed by atoms with Crippen molar-refractivity contribution in [2.24, 2.45) is 0 Å². The van der Waals surface area contributed by atoms with E-state index < -0.39 is 7.82 Å². The lowest BCUT2D eigenvalue weighted by molar-refractivity contribution is 0.298. The number of benzene rings is 3. The highest BCUT2D eigenvalue weighted by molar-refractivity contribution is 7.49. The molecule has 6 heteroatoms. The third-order valence-electron chi connectivity index (χ3n) is 3.45. The van der Waals surface area contributed by atoms with Crippen LogP contribution in [-0.4, -0.2) is 4.98 Å². The van der Waals surface area contributed by atoms with Crippen molar-refractivity contribution >= 4 is 7.82 Å². The van der Waals surface area contributed by atoms with Gasteiger partial charge >= 0.3 is 7.82 Å². The highest BCUT2D eigenvalue weighted by atomic mass is 31.2. The van der Waals surface area contributed by atoms with Gasteiger partial charge in [0, 0.05) is 12.4 Å². The van der Waals surface area contributed by atoms with Gasteiger partial charge in [0.05, 0.1) is 0 Å². The summed E-state index contributed by atoms with van der Waals surface area (Å²) in [4.78, 5) is 3.78. The smallest absolute Gasteiger partial charge is 0.386 e. The number of hydrogen-bond donors (Lipinski definition) is 0. The minimum Gasteiger partial charge on any atom is -0.386 e. The van der Waals surface area contributed by atoms with Crippen LogP contribution in [0.3, 0.4) is 0 Å². The molecule has 0 atom stereocenters. The van der Waals surface area contributed by atoms with Crippen LogP contribution < -0.4 is 13.6 Å². The molecule has 0 aliphatic heterocycles. The van der Waals surface area contributed by atoms with Crippen molar-refractivity contribution in [1.29, 1.82) is 0 Å². The number of aromatic nitrogens is 1. The molecule has 29 heavy (non-hydrogen) atoms. The van der Waals surface area contributed by atoms with E-state index in [4.69, 9.17) is 13.6 Å². The fourth-order valence-corrected chi connectivity index (χ4v) is 3.45. The lowest BCUT2D eigenvalue weighted by Crippen LogP contribution is -2.07. The summed E-state index contributed by atoms with van der Waals surface area (Å²) in [7, 11) is -3.89. The molecule has 4 rings (SSSR count). The first kappa shape index (κ1) is 20.2. The van der Waals surface area contributed by atoms with Crippen LogP contribution in [0.4, 0.5) is 0 Å². The summed E-state index contributed by atoms with van der Waals surface area (Å²) >= 11 is 0. The molecule has 1 aromatic heterocycles. The molecule has 0 saturated carbocycles. The summed E-state index contributed by atoms with van der Waals surface area (Å²) in [6.07, 6.45) is 3.50. The van der Waals surface area contributed by atoms with Crippen LogP contribution in [0, 0.1) is 0 Å². The van der Waals surface area contributed by atoms with Gasteiger partial charge in [-0.3, -0.25) is 4.98 Å². The Hall–Kier alpha value is -3.56. The molecule has 0 aliphatic rings. The number of phosphoric ester groups is 1. The van der Waals surface area contributed by atoms with Crippen molar-refractivity contribution in [3.8, 4) is 17.2 Å². The Kier molecular flexibility index (Phi) is 7.44. The largest absolute Gasteiger partial charge is 0.647 e. The van der Waals surface area contributed by atoms with Crippen molar-refractivity contribution in [3.05, 3.63) is 122 Å². The van der Waals surface area contributed by atoms with Crippen LogP contribution in [-0.2, 0) is 4.57 Å². The normalized spacial score (nSPS) is 10.2. The highest BCUT2D eigenvalue weighted by Gasteiger charge is 2.33. The van der Waals surface area contributed by atoms with Gasteiger partial charge in [-0.15, -0.1) is 0 Å². The Morgan fingerprint density at radius 2 is 0.793 bits per heavy atom. The first-order chi connectivity index (χ1) is 14.2. The van der Waals surface area contributed by atoms with Gasteiger partial charge in [0.2, 0.25) is 0 Å². The quantitative estimate of drug-likeness (QED) is 0.347. The average Bonchev–Trinajstić information content (AvgIpc) is 2.77. The van der Waals surface area contributed by atoms with E-state index in [0.717, 1.165) is 0 Å². The summed E-state index contributed by atoms with van der Waals surface area (Å²) in [6, 6.07) is 32.1. The van der Waals surface area contributed by atoms with E-state index in [1.807, 2.05) is 36.4 Å². The van der Waals surface area contributed by atoms with E-state index in [-0.39, 0.29) is 0 Å². The summed E-state index contributed by atoms with van der Waals surface area (Å²) in [5.74, 6) is 1.22. The van der Waals surface area contributed by atoms with E-state index >= 15 is 0 Å². The molecule has 0 fully saturated rings. The molecule has 0 saturated heterocycles. The summed E-state index contributed by atoms with van der Waals surface area (Å²) < 4.78 is 29.6. The lowest BCUT2D eigenvalue weighted by atomic mass is 10.3. The molecule has 5 nitrogen and oxygen atoms in total. The second kappa shape index (κ2) is 10.7. The predicted molar refractivity (Wildman–Crippen MR) is 113 cm³/mol. The summed E-state index contributed by atoms with van der Waals surface area (Å²) in [5, 5.41) is 0. The Morgan fingerprint density at radius 3 is 1.03 bits per heavy atom. The van der Waals surface area contributed by atoms with Crippen molar-refractivity contribution in [3.63, 3.8) is 0 Å². The maximum absolute atomic E-state index is 13.1. The van der Waals surface area contributed by atoms with E-state index in [9.17, 15) is 4.57 Å². The molecule has 0 N–H and O–H groups in total. The molecule has 146 valence electrons. The van der Waals surface area contributed by atoms with E-state index in [1.165, 1.54) is 0 Å². The molecule has 0 aliphatic carbocycles. The van der Waals surface area contributed by atoms with Gasteiger partial charge in [-0.05, 0) is 48.5 Å². The van der Waals surface area contributed by atoms with Crippen LogP contribution in [0.15, 0.2) is 122 Å². The third kappa shape index (κ3) is 7.17. The Morgan fingerprint density at radius 1 is 0.483 bits per heavy atom. The standard InChI is InChI=1S/C18H15O4P.C5H5N/c19-23(20-16-10-4-1-5-11-16,21-17-12-6-2-7-13-17)22-18-14-8-3-9-15-18;1-2-4-6-5-3-1/h1-15H;1-5H. The highest BCUT2D eigenvalue weighted by Crippen LogP contribution is 2.49. The zero-order valence-electron chi connectivity index (χ0n) is 15.6. The van der Waals surface area contributed by atoms with Crippen molar-refractivity contribution in [1.82, 2.24) is 4.98 Å². The molecule has 0 amide bonds.